The standard InChI is InChI=1S/C23H25ClN2O4/c24-18-13-16(14-20-22(18)30-12-6-11-29-20)15-21(27)25-19-8-3-2-7-17(19)23(28)26-9-4-1-5-10-26/h2-3,7-8,13-14H,1,4-6,9-12,15H2,(H,25,27). The summed E-state index contributed by atoms with van der Waals surface area (Å²) in [6, 6.07) is 10.7. The number of halogens is 1. The van der Waals surface area contributed by atoms with Crippen LogP contribution in [-0.2, 0) is 11.2 Å². The molecule has 0 saturated carbocycles. The van der Waals surface area contributed by atoms with E-state index in [1.165, 1.54) is 0 Å². The summed E-state index contributed by atoms with van der Waals surface area (Å²) in [6.07, 6.45) is 4.09. The first kappa shape index (κ1) is 20.5. The number of rotatable bonds is 4. The van der Waals surface area contributed by atoms with E-state index in [0.717, 1.165) is 44.3 Å². The van der Waals surface area contributed by atoms with Crippen molar-refractivity contribution >= 4 is 29.1 Å². The van der Waals surface area contributed by atoms with Crippen LogP contribution in [0.25, 0.3) is 0 Å². The van der Waals surface area contributed by atoms with Gasteiger partial charge < -0.3 is 19.7 Å². The highest BCUT2D eigenvalue weighted by atomic mass is 35.5. The molecule has 158 valence electrons. The predicted molar refractivity (Wildman–Crippen MR) is 116 cm³/mol. The fraction of sp³-hybridized carbons (Fsp3) is 0.391. The normalized spacial score (nSPS) is 16.0. The van der Waals surface area contributed by atoms with Crippen LogP contribution in [0.1, 0.15) is 41.6 Å². The molecule has 0 bridgehead atoms. The number of nitrogens with zero attached hydrogens (tertiary/aromatic N) is 1. The molecule has 0 unspecified atom stereocenters. The molecule has 2 aromatic rings. The van der Waals surface area contributed by atoms with Crippen molar-refractivity contribution < 1.29 is 19.1 Å². The van der Waals surface area contributed by atoms with Crippen LogP contribution in [-0.4, -0.2) is 43.0 Å². The number of hydrogen-bond donors (Lipinski definition) is 1. The molecule has 2 aliphatic rings. The lowest BCUT2D eigenvalue weighted by atomic mass is 10.1. The Hall–Kier alpha value is -2.73. The first-order chi connectivity index (χ1) is 14.6. The van der Waals surface area contributed by atoms with E-state index in [1.807, 2.05) is 17.0 Å². The zero-order valence-corrected chi connectivity index (χ0v) is 17.5. The molecule has 2 amide bonds. The summed E-state index contributed by atoms with van der Waals surface area (Å²) in [5, 5.41) is 3.32. The largest absolute Gasteiger partial charge is 0.489 e. The fourth-order valence-electron chi connectivity index (χ4n) is 3.81. The van der Waals surface area contributed by atoms with Gasteiger partial charge in [-0.25, -0.2) is 0 Å². The average Bonchev–Trinajstić information content (AvgIpc) is 3.00. The molecular weight excluding hydrogens is 404 g/mol. The molecule has 0 radical (unpaired) electrons. The highest BCUT2D eigenvalue weighted by molar-refractivity contribution is 6.32. The van der Waals surface area contributed by atoms with E-state index in [1.54, 1.807) is 24.3 Å². The zero-order chi connectivity index (χ0) is 20.9. The van der Waals surface area contributed by atoms with E-state index in [0.29, 0.717) is 41.0 Å². The molecular formula is C23H25ClN2O4. The molecule has 0 aromatic heterocycles. The minimum atomic E-state index is -0.223. The fourth-order valence-corrected chi connectivity index (χ4v) is 4.10. The first-order valence-electron chi connectivity index (χ1n) is 10.4. The van der Waals surface area contributed by atoms with Gasteiger partial charge >= 0.3 is 0 Å². The summed E-state index contributed by atoms with van der Waals surface area (Å²) in [7, 11) is 0. The van der Waals surface area contributed by atoms with E-state index < -0.39 is 0 Å². The van der Waals surface area contributed by atoms with Gasteiger partial charge in [0.25, 0.3) is 5.91 Å². The molecule has 2 heterocycles. The van der Waals surface area contributed by atoms with Crippen LogP contribution in [0.3, 0.4) is 0 Å². The second-order valence-electron chi connectivity index (χ2n) is 7.58. The molecule has 0 atom stereocenters. The molecule has 0 aliphatic carbocycles. The number of ether oxygens (including phenoxy) is 2. The number of fused-ring (bicyclic) bond motifs is 1. The van der Waals surface area contributed by atoms with Gasteiger partial charge in [0.15, 0.2) is 11.5 Å². The lowest BCUT2D eigenvalue weighted by Gasteiger charge is -2.27. The number of likely N-dealkylation sites (tertiary alicyclic amines) is 1. The molecule has 2 aromatic carbocycles. The molecule has 1 fully saturated rings. The van der Waals surface area contributed by atoms with Crippen molar-refractivity contribution in [2.24, 2.45) is 0 Å². The lowest BCUT2D eigenvalue weighted by molar-refractivity contribution is -0.115. The van der Waals surface area contributed by atoms with E-state index in [4.69, 9.17) is 21.1 Å². The maximum atomic E-state index is 12.9. The van der Waals surface area contributed by atoms with Crippen LogP contribution >= 0.6 is 11.6 Å². The monoisotopic (exact) mass is 428 g/mol. The van der Waals surface area contributed by atoms with Gasteiger partial charge in [0.05, 0.1) is 35.9 Å². The minimum Gasteiger partial charge on any atom is -0.489 e. The van der Waals surface area contributed by atoms with Crippen LogP contribution in [0, 0.1) is 0 Å². The molecule has 7 heteroatoms. The smallest absolute Gasteiger partial charge is 0.255 e. The predicted octanol–water partition coefficient (Wildman–Crippen LogP) is 4.31. The molecule has 30 heavy (non-hydrogen) atoms. The summed E-state index contributed by atoms with van der Waals surface area (Å²) in [4.78, 5) is 27.5. The zero-order valence-electron chi connectivity index (χ0n) is 16.8. The van der Waals surface area contributed by atoms with E-state index >= 15 is 0 Å². The Labute approximate surface area is 181 Å². The Balaban J connectivity index is 1.48. The quantitative estimate of drug-likeness (QED) is 0.787. The van der Waals surface area contributed by atoms with Gasteiger partial charge in [0.1, 0.15) is 0 Å². The van der Waals surface area contributed by atoms with Gasteiger partial charge in [0, 0.05) is 19.5 Å². The number of nitrogens with one attached hydrogen (secondary N) is 1. The van der Waals surface area contributed by atoms with Crippen molar-refractivity contribution in [3.63, 3.8) is 0 Å². The Bertz CT molecular complexity index is 941. The highest BCUT2D eigenvalue weighted by Crippen LogP contribution is 2.38. The summed E-state index contributed by atoms with van der Waals surface area (Å²) >= 11 is 6.33. The number of carbonyl (C=O) groups excluding carboxylic acids is 2. The third-order valence-corrected chi connectivity index (χ3v) is 5.58. The lowest BCUT2D eigenvalue weighted by Crippen LogP contribution is -2.36. The third kappa shape index (κ3) is 4.70. The van der Waals surface area contributed by atoms with Crippen LogP contribution in [0.5, 0.6) is 11.5 Å². The second-order valence-corrected chi connectivity index (χ2v) is 7.99. The summed E-state index contributed by atoms with van der Waals surface area (Å²) < 4.78 is 11.3. The number of hydrogen-bond acceptors (Lipinski definition) is 4. The maximum Gasteiger partial charge on any atom is 0.255 e. The maximum absolute atomic E-state index is 12.9. The first-order valence-corrected chi connectivity index (χ1v) is 10.8. The number of piperidine rings is 1. The molecule has 2 aliphatic heterocycles. The van der Waals surface area contributed by atoms with Crippen LogP contribution in [0.4, 0.5) is 5.69 Å². The SMILES string of the molecule is O=C(Cc1cc(Cl)c2c(c1)OCCCO2)Nc1ccccc1C(=O)N1CCCCC1. The van der Waals surface area contributed by atoms with Crippen LogP contribution in [0.15, 0.2) is 36.4 Å². The van der Waals surface area contributed by atoms with Crippen molar-refractivity contribution in [2.45, 2.75) is 32.1 Å². The van der Waals surface area contributed by atoms with Gasteiger partial charge in [-0.1, -0.05) is 23.7 Å². The number of carbonyl (C=O) groups is 2. The van der Waals surface area contributed by atoms with Gasteiger partial charge in [-0.05, 0) is 49.1 Å². The van der Waals surface area contributed by atoms with Gasteiger partial charge in [-0.2, -0.15) is 0 Å². The summed E-state index contributed by atoms with van der Waals surface area (Å²) in [6.45, 7) is 2.62. The van der Waals surface area contributed by atoms with E-state index in [2.05, 4.69) is 5.32 Å². The van der Waals surface area contributed by atoms with Crippen molar-refractivity contribution in [2.75, 3.05) is 31.6 Å². The van der Waals surface area contributed by atoms with Crippen molar-refractivity contribution in [3.05, 3.63) is 52.5 Å². The second kappa shape index (κ2) is 9.39. The molecule has 0 spiro atoms. The Morgan fingerprint density at radius 2 is 1.77 bits per heavy atom. The van der Waals surface area contributed by atoms with Crippen molar-refractivity contribution in [1.82, 2.24) is 4.90 Å². The Morgan fingerprint density at radius 3 is 2.60 bits per heavy atom. The molecule has 6 nitrogen and oxygen atoms in total. The number of para-hydroxylation sites is 1. The molecule has 1 saturated heterocycles. The molecule has 4 rings (SSSR count). The summed E-state index contributed by atoms with van der Waals surface area (Å²) in [5.41, 5.74) is 1.77. The van der Waals surface area contributed by atoms with Crippen molar-refractivity contribution in [1.29, 1.82) is 0 Å². The topological polar surface area (TPSA) is 67.9 Å². The highest BCUT2D eigenvalue weighted by Gasteiger charge is 2.22. The van der Waals surface area contributed by atoms with Crippen LogP contribution < -0.4 is 14.8 Å². The number of amides is 2. The summed E-state index contributed by atoms with van der Waals surface area (Å²) in [5.74, 6) is 0.822. The number of anilines is 1. The van der Waals surface area contributed by atoms with Gasteiger partial charge in [0.2, 0.25) is 5.91 Å². The minimum absolute atomic E-state index is 0.0378. The molecule has 1 N–H and O–H groups in total. The Kier molecular flexibility index (Phi) is 6.43. The van der Waals surface area contributed by atoms with Crippen molar-refractivity contribution in [3.8, 4) is 11.5 Å². The van der Waals surface area contributed by atoms with E-state index in [9.17, 15) is 9.59 Å². The van der Waals surface area contributed by atoms with Crippen LogP contribution in [0.2, 0.25) is 5.02 Å². The van der Waals surface area contributed by atoms with Gasteiger partial charge in [-0.3, -0.25) is 9.59 Å². The number of benzene rings is 2. The average molecular weight is 429 g/mol. The van der Waals surface area contributed by atoms with E-state index in [-0.39, 0.29) is 18.2 Å². The Morgan fingerprint density at radius 1 is 1.00 bits per heavy atom. The third-order valence-electron chi connectivity index (χ3n) is 5.30. The van der Waals surface area contributed by atoms with Gasteiger partial charge in [-0.15, -0.1) is 0 Å².